The predicted molar refractivity (Wildman–Crippen MR) is 106 cm³/mol. The molecule has 0 radical (unpaired) electrons. The molecule has 0 saturated heterocycles. The first-order chi connectivity index (χ1) is 11.5. The summed E-state index contributed by atoms with van der Waals surface area (Å²) in [5.74, 6) is 0.377. The molecule has 3 aromatic carbocycles. The number of aromatic hydroxyl groups is 1. The van der Waals surface area contributed by atoms with Gasteiger partial charge in [0.05, 0.1) is 0 Å². The first-order valence-corrected chi connectivity index (χ1v) is 9.55. The van der Waals surface area contributed by atoms with Gasteiger partial charge in [-0.1, -0.05) is 87.5 Å². The Hall–Kier alpha value is -2.11. The molecule has 1 nitrogen and oxygen atoms in total. The molecule has 0 unspecified atom stereocenters. The molecule has 0 aliphatic carbocycles. The first kappa shape index (κ1) is 16.7. The lowest BCUT2D eigenvalue weighted by atomic mass is 9.87. The molecule has 0 aliphatic rings. The van der Waals surface area contributed by atoms with Crippen molar-refractivity contribution in [3.05, 3.63) is 84.4 Å². The minimum absolute atomic E-state index is 0.0524. The van der Waals surface area contributed by atoms with Crippen LogP contribution in [0.15, 0.2) is 78.9 Å². The summed E-state index contributed by atoms with van der Waals surface area (Å²) < 4.78 is 0. The quantitative estimate of drug-likeness (QED) is 0.702. The second kappa shape index (κ2) is 6.79. The van der Waals surface area contributed by atoms with Gasteiger partial charge in [0, 0.05) is 5.30 Å². The zero-order valence-electron chi connectivity index (χ0n) is 14.4. The Bertz CT molecular complexity index is 765. The van der Waals surface area contributed by atoms with E-state index in [0.717, 1.165) is 5.30 Å². The number of hydrogen-bond acceptors (Lipinski definition) is 1. The molecule has 122 valence electrons. The van der Waals surface area contributed by atoms with Gasteiger partial charge in [0.2, 0.25) is 0 Å². The number of rotatable bonds is 3. The molecule has 0 fully saturated rings. The van der Waals surface area contributed by atoms with Gasteiger partial charge in [0.25, 0.3) is 0 Å². The Morgan fingerprint density at radius 3 is 1.67 bits per heavy atom. The van der Waals surface area contributed by atoms with Crippen LogP contribution in [0.25, 0.3) is 0 Å². The van der Waals surface area contributed by atoms with Crippen LogP contribution in [-0.4, -0.2) is 5.11 Å². The topological polar surface area (TPSA) is 20.2 Å². The fourth-order valence-corrected chi connectivity index (χ4v) is 5.12. The van der Waals surface area contributed by atoms with E-state index in [4.69, 9.17) is 0 Å². The average Bonchev–Trinajstić information content (AvgIpc) is 2.58. The molecule has 0 saturated carbocycles. The maximum absolute atomic E-state index is 10.6. The first-order valence-electron chi connectivity index (χ1n) is 8.20. The average molecular weight is 334 g/mol. The van der Waals surface area contributed by atoms with Crippen molar-refractivity contribution in [2.24, 2.45) is 0 Å². The molecule has 0 atom stereocenters. The van der Waals surface area contributed by atoms with Crippen LogP contribution in [0, 0.1) is 0 Å². The lowest BCUT2D eigenvalue weighted by Crippen LogP contribution is -2.23. The van der Waals surface area contributed by atoms with Crippen LogP contribution in [0.2, 0.25) is 0 Å². The van der Waals surface area contributed by atoms with E-state index in [1.54, 1.807) is 0 Å². The molecule has 0 aromatic heterocycles. The monoisotopic (exact) mass is 334 g/mol. The number of benzene rings is 3. The maximum Gasteiger partial charge on any atom is 0.123 e. The summed E-state index contributed by atoms with van der Waals surface area (Å²) in [7, 11) is -0.780. The van der Waals surface area contributed by atoms with Gasteiger partial charge in [-0.2, -0.15) is 0 Å². The van der Waals surface area contributed by atoms with Crippen molar-refractivity contribution in [1.82, 2.24) is 0 Å². The second-order valence-electron chi connectivity index (χ2n) is 6.96. The summed E-state index contributed by atoms with van der Waals surface area (Å²) in [5, 5.41) is 14.1. The van der Waals surface area contributed by atoms with Crippen LogP contribution < -0.4 is 15.9 Å². The standard InChI is InChI=1S/C22H23OP/c1-22(2,3)17-14-15-20(23)21(16-17)24(18-10-6-4-7-11-18)19-12-8-5-9-13-19/h4-16,23H,1-3H3. The zero-order valence-corrected chi connectivity index (χ0v) is 15.3. The normalized spacial score (nSPS) is 11.7. The fourth-order valence-electron chi connectivity index (χ4n) is 2.75. The van der Waals surface area contributed by atoms with Crippen LogP contribution in [0.1, 0.15) is 26.3 Å². The van der Waals surface area contributed by atoms with Crippen molar-refractivity contribution in [2.75, 3.05) is 0 Å². The van der Waals surface area contributed by atoms with E-state index in [1.165, 1.54) is 16.2 Å². The van der Waals surface area contributed by atoms with E-state index in [0.29, 0.717) is 5.75 Å². The highest BCUT2D eigenvalue weighted by atomic mass is 31.1. The molecule has 2 heteroatoms. The minimum Gasteiger partial charge on any atom is -0.507 e. The van der Waals surface area contributed by atoms with Gasteiger partial charge in [0.1, 0.15) is 5.75 Å². The van der Waals surface area contributed by atoms with E-state index >= 15 is 0 Å². The van der Waals surface area contributed by atoms with Gasteiger partial charge in [-0.25, -0.2) is 0 Å². The molecule has 0 spiro atoms. The molecule has 3 rings (SSSR count). The van der Waals surface area contributed by atoms with Crippen molar-refractivity contribution in [2.45, 2.75) is 26.2 Å². The van der Waals surface area contributed by atoms with E-state index in [9.17, 15) is 5.11 Å². The predicted octanol–water partition coefficient (Wildman–Crippen LogP) is 4.45. The largest absolute Gasteiger partial charge is 0.507 e. The van der Waals surface area contributed by atoms with Gasteiger partial charge in [0.15, 0.2) is 0 Å². The second-order valence-corrected chi connectivity index (χ2v) is 9.15. The summed E-state index contributed by atoms with van der Waals surface area (Å²) in [6.45, 7) is 6.61. The lowest BCUT2D eigenvalue weighted by Gasteiger charge is -2.24. The fraction of sp³-hybridized carbons (Fsp3) is 0.182. The molecule has 0 aliphatic heterocycles. The molecular formula is C22H23OP. The van der Waals surface area contributed by atoms with Crippen molar-refractivity contribution < 1.29 is 5.11 Å². The maximum atomic E-state index is 10.6. The molecular weight excluding hydrogens is 311 g/mol. The highest BCUT2D eigenvalue weighted by molar-refractivity contribution is 7.80. The van der Waals surface area contributed by atoms with Crippen molar-refractivity contribution >= 4 is 23.8 Å². The highest BCUT2D eigenvalue weighted by Gasteiger charge is 2.22. The third-order valence-electron chi connectivity index (χ3n) is 4.11. The van der Waals surface area contributed by atoms with Gasteiger partial charge in [-0.15, -0.1) is 0 Å². The van der Waals surface area contributed by atoms with Gasteiger partial charge in [-0.05, 0) is 41.6 Å². The Morgan fingerprint density at radius 2 is 1.21 bits per heavy atom. The number of hydrogen-bond donors (Lipinski definition) is 1. The summed E-state index contributed by atoms with van der Waals surface area (Å²) in [5.41, 5.74) is 1.30. The van der Waals surface area contributed by atoms with Crippen molar-refractivity contribution in [1.29, 1.82) is 0 Å². The summed E-state index contributed by atoms with van der Waals surface area (Å²) in [4.78, 5) is 0. The van der Waals surface area contributed by atoms with Gasteiger partial charge < -0.3 is 5.11 Å². The SMILES string of the molecule is CC(C)(C)c1ccc(O)c(P(c2ccccc2)c2ccccc2)c1. The molecule has 3 aromatic rings. The molecule has 0 heterocycles. The van der Waals surface area contributed by atoms with E-state index in [-0.39, 0.29) is 5.41 Å². The van der Waals surface area contributed by atoms with E-state index in [1.807, 2.05) is 24.3 Å². The smallest absolute Gasteiger partial charge is 0.123 e. The van der Waals surface area contributed by atoms with Crippen LogP contribution >= 0.6 is 7.92 Å². The van der Waals surface area contributed by atoms with Crippen LogP contribution in [0.4, 0.5) is 0 Å². The third-order valence-corrected chi connectivity index (χ3v) is 6.58. The van der Waals surface area contributed by atoms with Crippen LogP contribution in [0.5, 0.6) is 5.75 Å². The van der Waals surface area contributed by atoms with Crippen molar-refractivity contribution in [3.63, 3.8) is 0 Å². The third kappa shape index (κ3) is 3.52. The van der Waals surface area contributed by atoms with Gasteiger partial charge in [-0.3, -0.25) is 0 Å². The number of phenols is 1. The van der Waals surface area contributed by atoms with Crippen molar-refractivity contribution in [3.8, 4) is 5.75 Å². The molecule has 24 heavy (non-hydrogen) atoms. The minimum atomic E-state index is -0.780. The van der Waals surface area contributed by atoms with E-state index < -0.39 is 7.92 Å². The summed E-state index contributed by atoms with van der Waals surface area (Å²) >= 11 is 0. The lowest BCUT2D eigenvalue weighted by molar-refractivity contribution is 0.478. The zero-order chi connectivity index (χ0) is 17.2. The molecule has 1 N–H and O–H groups in total. The summed E-state index contributed by atoms with van der Waals surface area (Å²) in [6, 6.07) is 27.0. The van der Waals surface area contributed by atoms with E-state index in [2.05, 4.69) is 75.4 Å². The Balaban J connectivity index is 2.20. The highest BCUT2D eigenvalue weighted by Crippen LogP contribution is 2.37. The van der Waals surface area contributed by atoms with Crippen LogP contribution in [-0.2, 0) is 5.41 Å². The Morgan fingerprint density at radius 1 is 0.708 bits per heavy atom. The Kier molecular flexibility index (Phi) is 4.73. The van der Waals surface area contributed by atoms with Crippen LogP contribution in [0.3, 0.4) is 0 Å². The number of phenolic OH excluding ortho intramolecular Hbond substituents is 1. The van der Waals surface area contributed by atoms with Gasteiger partial charge >= 0.3 is 0 Å². The summed E-state index contributed by atoms with van der Waals surface area (Å²) in [6.07, 6.45) is 0. The molecule has 0 bridgehead atoms. The molecule has 0 amide bonds. The Labute approximate surface area is 145 Å².